The summed E-state index contributed by atoms with van der Waals surface area (Å²) in [4.78, 5) is 0. The zero-order chi connectivity index (χ0) is 14.0. The van der Waals surface area contributed by atoms with E-state index in [0.29, 0.717) is 4.47 Å². The van der Waals surface area contributed by atoms with Gasteiger partial charge in [-0.25, -0.2) is 8.78 Å². The number of rotatable bonds is 3. The summed E-state index contributed by atoms with van der Waals surface area (Å²) in [6.07, 6.45) is 0. The largest absolute Gasteiger partial charge is 0.378 e. The second-order valence-corrected chi connectivity index (χ2v) is 5.43. The van der Waals surface area contributed by atoms with Crippen LogP contribution >= 0.6 is 27.5 Å². The quantitative estimate of drug-likeness (QED) is 0.768. The molecule has 100 valence electrons. The van der Waals surface area contributed by atoms with Gasteiger partial charge < -0.3 is 5.32 Å². The molecule has 1 N–H and O–H groups in total. The first kappa shape index (κ1) is 14.3. The molecule has 0 saturated carbocycles. The Morgan fingerprint density at radius 1 is 1.16 bits per heavy atom. The third kappa shape index (κ3) is 3.45. The molecular weight excluding hydrogens is 336 g/mol. The molecule has 0 spiro atoms. The van der Waals surface area contributed by atoms with Crippen LogP contribution in [0.25, 0.3) is 0 Å². The van der Waals surface area contributed by atoms with Crippen molar-refractivity contribution >= 4 is 33.2 Å². The van der Waals surface area contributed by atoms with Gasteiger partial charge in [0.25, 0.3) is 0 Å². The molecule has 2 aromatic carbocycles. The summed E-state index contributed by atoms with van der Waals surface area (Å²) in [5.74, 6) is -0.770. The fraction of sp³-hybridized carbons (Fsp3) is 0.143. The molecule has 0 fully saturated rings. The SMILES string of the molecule is CC(Nc1ccc(F)cc1Br)c1ccc(Cl)c(F)c1. The molecule has 0 amide bonds. The lowest BCUT2D eigenvalue weighted by Gasteiger charge is -2.17. The third-order valence-corrected chi connectivity index (χ3v) is 3.71. The third-order valence-electron chi connectivity index (χ3n) is 2.75. The lowest BCUT2D eigenvalue weighted by atomic mass is 10.1. The highest BCUT2D eigenvalue weighted by Gasteiger charge is 2.10. The van der Waals surface area contributed by atoms with Crippen LogP contribution in [0.4, 0.5) is 14.5 Å². The van der Waals surface area contributed by atoms with E-state index < -0.39 is 5.82 Å². The van der Waals surface area contributed by atoms with Gasteiger partial charge in [0.2, 0.25) is 0 Å². The predicted molar refractivity (Wildman–Crippen MR) is 77.5 cm³/mol. The van der Waals surface area contributed by atoms with Gasteiger partial charge in [-0.05, 0) is 58.7 Å². The van der Waals surface area contributed by atoms with Crippen LogP contribution in [-0.2, 0) is 0 Å². The average Bonchev–Trinajstić information content (AvgIpc) is 2.36. The van der Waals surface area contributed by atoms with Crippen molar-refractivity contribution in [3.05, 3.63) is 63.1 Å². The van der Waals surface area contributed by atoms with Gasteiger partial charge in [0.05, 0.1) is 5.02 Å². The summed E-state index contributed by atoms with van der Waals surface area (Å²) in [5.41, 5.74) is 1.50. The van der Waals surface area contributed by atoms with Crippen LogP contribution < -0.4 is 5.32 Å². The number of hydrogen-bond donors (Lipinski definition) is 1. The van der Waals surface area contributed by atoms with E-state index in [4.69, 9.17) is 11.6 Å². The fourth-order valence-corrected chi connectivity index (χ4v) is 2.29. The van der Waals surface area contributed by atoms with Gasteiger partial charge in [0, 0.05) is 16.2 Å². The van der Waals surface area contributed by atoms with Crippen LogP contribution in [0, 0.1) is 11.6 Å². The predicted octanol–water partition coefficient (Wildman–Crippen LogP) is 5.55. The van der Waals surface area contributed by atoms with E-state index in [1.165, 1.54) is 24.3 Å². The topological polar surface area (TPSA) is 12.0 Å². The highest BCUT2D eigenvalue weighted by atomic mass is 79.9. The summed E-state index contributed by atoms with van der Waals surface area (Å²) >= 11 is 8.92. The van der Waals surface area contributed by atoms with Crippen molar-refractivity contribution < 1.29 is 8.78 Å². The number of benzene rings is 2. The summed E-state index contributed by atoms with van der Waals surface area (Å²) in [7, 11) is 0. The fourth-order valence-electron chi connectivity index (χ4n) is 1.70. The van der Waals surface area contributed by atoms with Crippen LogP contribution in [-0.4, -0.2) is 0 Å². The standard InChI is InChI=1S/C14H11BrClF2N/c1-8(9-2-4-12(16)13(18)6-9)19-14-5-3-10(17)7-11(14)15/h2-8,19H,1H3. The molecule has 1 unspecified atom stereocenters. The van der Waals surface area contributed by atoms with Crippen LogP contribution in [0.3, 0.4) is 0 Å². The minimum absolute atomic E-state index is 0.0962. The Kier molecular flexibility index (Phi) is 4.42. The molecule has 2 rings (SSSR count). The van der Waals surface area contributed by atoms with E-state index in [-0.39, 0.29) is 16.9 Å². The Morgan fingerprint density at radius 3 is 2.53 bits per heavy atom. The van der Waals surface area contributed by atoms with E-state index in [1.54, 1.807) is 12.1 Å². The van der Waals surface area contributed by atoms with Crippen molar-refractivity contribution in [2.24, 2.45) is 0 Å². The number of nitrogens with one attached hydrogen (secondary N) is 1. The maximum absolute atomic E-state index is 13.4. The van der Waals surface area contributed by atoms with E-state index in [2.05, 4.69) is 21.2 Å². The summed E-state index contributed by atoms with van der Waals surface area (Å²) in [6.45, 7) is 1.89. The molecule has 19 heavy (non-hydrogen) atoms. The summed E-state index contributed by atoms with van der Waals surface area (Å²) < 4.78 is 27.0. The van der Waals surface area contributed by atoms with Crippen molar-refractivity contribution in [1.82, 2.24) is 0 Å². The molecule has 0 aliphatic carbocycles. The second kappa shape index (κ2) is 5.88. The first-order chi connectivity index (χ1) is 8.97. The molecule has 1 nitrogen and oxygen atoms in total. The van der Waals surface area contributed by atoms with Gasteiger partial charge in [-0.1, -0.05) is 17.7 Å². The van der Waals surface area contributed by atoms with Crippen molar-refractivity contribution in [3.63, 3.8) is 0 Å². The molecule has 0 aromatic heterocycles. The highest BCUT2D eigenvalue weighted by Crippen LogP contribution is 2.28. The smallest absolute Gasteiger partial charge is 0.142 e. The van der Waals surface area contributed by atoms with Crippen LogP contribution in [0.5, 0.6) is 0 Å². The molecule has 5 heteroatoms. The van der Waals surface area contributed by atoms with Gasteiger partial charge >= 0.3 is 0 Å². The van der Waals surface area contributed by atoms with Gasteiger partial charge in [-0.15, -0.1) is 0 Å². The Labute approximate surface area is 123 Å². The van der Waals surface area contributed by atoms with E-state index in [9.17, 15) is 8.78 Å². The maximum atomic E-state index is 13.4. The van der Waals surface area contributed by atoms with E-state index >= 15 is 0 Å². The van der Waals surface area contributed by atoms with Crippen LogP contribution in [0.1, 0.15) is 18.5 Å². The normalized spacial score (nSPS) is 12.3. The average molecular weight is 347 g/mol. The highest BCUT2D eigenvalue weighted by molar-refractivity contribution is 9.10. The number of halogens is 4. The van der Waals surface area contributed by atoms with Crippen LogP contribution in [0.2, 0.25) is 5.02 Å². The summed E-state index contributed by atoms with van der Waals surface area (Å²) in [5, 5.41) is 3.27. The van der Waals surface area contributed by atoms with Gasteiger partial charge in [-0.2, -0.15) is 0 Å². The van der Waals surface area contributed by atoms with Crippen molar-refractivity contribution in [2.45, 2.75) is 13.0 Å². The molecule has 0 aliphatic rings. The van der Waals surface area contributed by atoms with Crippen LogP contribution in [0.15, 0.2) is 40.9 Å². The van der Waals surface area contributed by atoms with E-state index in [1.807, 2.05) is 6.92 Å². The van der Waals surface area contributed by atoms with Crippen molar-refractivity contribution in [3.8, 4) is 0 Å². The molecule has 0 radical (unpaired) electrons. The summed E-state index contributed by atoms with van der Waals surface area (Å²) in [6, 6.07) is 8.89. The molecule has 1 atom stereocenters. The molecule has 2 aromatic rings. The Morgan fingerprint density at radius 2 is 1.89 bits per heavy atom. The molecule has 0 saturated heterocycles. The minimum atomic E-state index is -0.453. The number of anilines is 1. The van der Waals surface area contributed by atoms with Gasteiger partial charge in [0.1, 0.15) is 11.6 Å². The molecule has 0 bridgehead atoms. The minimum Gasteiger partial charge on any atom is -0.378 e. The Balaban J connectivity index is 2.20. The van der Waals surface area contributed by atoms with Gasteiger partial charge in [-0.3, -0.25) is 0 Å². The zero-order valence-electron chi connectivity index (χ0n) is 10.1. The van der Waals surface area contributed by atoms with Crippen molar-refractivity contribution in [1.29, 1.82) is 0 Å². The maximum Gasteiger partial charge on any atom is 0.142 e. The monoisotopic (exact) mass is 345 g/mol. The Hall–Kier alpha value is -1.13. The second-order valence-electron chi connectivity index (χ2n) is 4.16. The molecular formula is C14H11BrClF2N. The molecule has 0 heterocycles. The lowest BCUT2D eigenvalue weighted by Crippen LogP contribution is -2.07. The van der Waals surface area contributed by atoms with Gasteiger partial charge in [0.15, 0.2) is 0 Å². The Bertz CT molecular complexity index is 604. The lowest BCUT2D eigenvalue weighted by molar-refractivity contribution is 0.624. The van der Waals surface area contributed by atoms with Crippen molar-refractivity contribution in [2.75, 3.05) is 5.32 Å². The molecule has 0 aliphatic heterocycles. The van der Waals surface area contributed by atoms with E-state index in [0.717, 1.165) is 11.3 Å². The zero-order valence-corrected chi connectivity index (χ0v) is 12.4. The number of hydrogen-bond acceptors (Lipinski definition) is 1. The first-order valence-corrected chi connectivity index (χ1v) is 6.81. The first-order valence-electron chi connectivity index (χ1n) is 5.64.